The summed E-state index contributed by atoms with van der Waals surface area (Å²) in [5.74, 6) is -0.235. The van der Waals surface area contributed by atoms with Gasteiger partial charge in [-0.3, -0.25) is 4.79 Å². The van der Waals surface area contributed by atoms with Crippen LogP contribution < -0.4 is 5.32 Å². The predicted octanol–water partition coefficient (Wildman–Crippen LogP) is 3.38. The Hall–Kier alpha value is -2.95. The molecule has 122 valence electrons. The van der Waals surface area contributed by atoms with Gasteiger partial charge in [-0.15, -0.1) is 5.10 Å². The summed E-state index contributed by atoms with van der Waals surface area (Å²) in [5, 5.41) is 11.0. The van der Waals surface area contributed by atoms with Gasteiger partial charge in [0.25, 0.3) is 5.91 Å². The van der Waals surface area contributed by atoms with Crippen LogP contribution in [-0.4, -0.2) is 20.9 Å². The van der Waals surface area contributed by atoms with Crippen LogP contribution in [0.3, 0.4) is 0 Å². The van der Waals surface area contributed by atoms with Gasteiger partial charge < -0.3 is 5.32 Å². The van der Waals surface area contributed by atoms with Crippen LogP contribution in [0.15, 0.2) is 54.7 Å². The van der Waals surface area contributed by atoms with Crippen LogP contribution in [0.25, 0.3) is 5.69 Å². The van der Waals surface area contributed by atoms with Crippen molar-refractivity contribution in [3.8, 4) is 5.69 Å². The van der Waals surface area contributed by atoms with E-state index in [4.69, 9.17) is 0 Å². The minimum atomic E-state index is -0.235. The van der Waals surface area contributed by atoms with Crippen molar-refractivity contribution in [2.45, 2.75) is 26.8 Å². The van der Waals surface area contributed by atoms with Gasteiger partial charge in [0.05, 0.1) is 17.9 Å². The lowest BCUT2D eigenvalue weighted by molar-refractivity contribution is 0.0935. The van der Waals surface area contributed by atoms with Crippen molar-refractivity contribution >= 4 is 5.91 Å². The monoisotopic (exact) mass is 320 g/mol. The van der Waals surface area contributed by atoms with Crippen molar-refractivity contribution in [1.82, 2.24) is 20.3 Å². The van der Waals surface area contributed by atoms with E-state index in [2.05, 4.69) is 22.6 Å². The third kappa shape index (κ3) is 3.35. The maximum absolute atomic E-state index is 12.4. The fourth-order valence-electron chi connectivity index (χ4n) is 2.46. The second kappa shape index (κ2) is 6.66. The maximum Gasteiger partial charge on any atom is 0.273 e. The molecule has 0 fully saturated rings. The van der Waals surface area contributed by atoms with Gasteiger partial charge in [-0.1, -0.05) is 41.6 Å². The summed E-state index contributed by atoms with van der Waals surface area (Å²) < 4.78 is 1.62. The van der Waals surface area contributed by atoms with Crippen molar-refractivity contribution in [1.29, 1.82) is 0 Å². The zero-order valence-electron chi connectivity index (χ0n) is 14.0. The smallest absolute Gasteiger partial charge is 0.273 e. The third-order valence-corrected chi connectivity index (χ3v) is 4.13. The molecule has 0 aliphatic heterocycles. The van der Waals surface area contributed by atoms with Crippen LogP contribution >= 0.6 is 0 Å². The molecule has 1 N–H and O–H groups in total. The van der Waals surface area contributed by atoms with Gasteiger partial charge in [-0.25, -0.2) is 4.68 Å². The minimum Gasteiger partial charge on any atom is -0.344 e. The van der Waals surface area contributed by atoms with Crippen molar-refractivity contribution < 1.29 is 4.79 Å². The molecule has 3 aromatic rings. The second-order valence-electron chi connectivity index (χ2n) is 5.92. The normalized spacial score (nSPS) is 12.0. The quantitative estimate of drug-likeness (QED) is 0.802. The highest BCUT2D eigenvalue weighted by atomic mass is 16.2. The van der Waals surface area contributed by atoms with Gasteiger partial charge in [0, 0.05) is 0 Å². The largest absolute Gasteiger partial charge is 0.344 e. The molecule has 24 heavy (non-hydrogen) atoms. The summed E-state index contributed by atoms with van der Waals surface area (Å²) >= 11 is 0. The summed E-state index contributed by atoms with van der Waals surface area (Å²) in [6.45, 7) is 6.05. The van der Waals surface area contributed by atoms with E-state index in [1.165, 1.54) is 11.1 Å². The van der Waals surface area contributed by atoms with E-state index in [-0.39, 0.29) is 11.9 Å². The van der Waals surface area contributed by atoms with Gasteiger partial charge in [0.15, 0.2) is 5.69 Å². The number of aromatic nitrogens is 3. The number of hydrogen-bond acceptors (Lipinski definition) is 3. The molecular formula is C19H20N4O. The van der Waals surface area contributed by atoms with Crippen LogP contribution in [0.1, 0.15) is 40.1 Å². The Balaban J connectivity index is 1.75. The van der Waals surface area contributed by atoms with Gasteiger partial charge in [-0.05, 0) is 49.6 Å². The van der Waals surface area contributed by atoms with E-state index in [0.717, 1.165) is 11.3 Å². The topological polar surface area (TPSA) is 59.8 Å². The molecule has 0 bridgehead atoms. The average Bonchev–Trinajstić information content (AvgIpc) is 3.08. The summed E-state index contributed by atoms with van der Waals surface area (Å²) in [6, 6.07) is 15.8. The van der Waals surface area contributed by atoms with E-state index in [1.54, 1.807) is 10.9 Å². The molecule has 1 amide bonds. The van der Waals surface area contributed by atoms with Crippen molar-refractivity contribution in [2.75, 3.05) is 0 Å². The minimum absolute atomic E-state index is 0.0922. The molecule has 1 atom stereocenters. The Bertz CT molecular complexity index is 855. The Morgan fingerprint density at radius 3 is 2.54 bits per heavy atom. The zero-order valence-corrected chi connectivity index (χ0v) is 14.0. The Kier molecular flexibility index (Phi) is 4.42. The molecule has 0 spiro atoms. The van der Waals surface area contributed by atoms with Gasteiger partial charge in [0.1, 0.15) is 0 Å². The van der Waals surface area contributed by atoms with Gasteiger partial charge in [-0.2, -0.15) is 0 Å². The standard InChI is InChI=1S/C19H20N4O/c1-13-9-10-17(11-14(13)2)23-12-18(21-22-23)19(24)20-15(3)16-7-5-4-6-8-16/h4-12,15H,1-3H3,(H,20,24)/t15-/m0/s1. The third-order valence-electron chi connectivity index (χ3n) is 4.13. The number of hydrogen-bond donors (Lipinski definition) is 1. The fourth-order valence-corrected chi connectivity index (χ4v) is 2.46. The number of benzene rings is 2. The summed E-state index contributed by atoms with van der Waals surface area (Å²) in [6.07, 6.45) is 1.65. The fraction of sp³-hybridized carbons (Fsp3) is 0.211. The summed E-state index contributed by atoms with van der Waals surface area (Å²) in [4.78, 5) is 12.4. The molecule has 0 saturated carbocycles. The zero-order chi connectivity index (χ0) is 17.1. The second-order valence-corrected chi connectivity index (χ2v) is 5.92. The highest BCUT2D eigenvalue weighted by molar-refractivity contribution is 5.92. The summed E-state index contributed by atoms with van der Waals surface area (Å²) in [5.41, 5.74) is 4.63. The average molecular weight is 320 g/mol. The molecule has 0 radical (unpaired) electrons. The molecule has 0 aliphatic rings. The molecule has 1 heterocycles. The van der Waals surface area contributed by atoms with E-state index in [0.29, 0.717) is 5.69 Å². The molecule has 0 saturated heterocycles. The number of amides is 1. The predicted molar refractivity (Wildman–Crippen MR) is 93.2 cm³/mol. The first-order chi connectivity index (χ1) is 11.5. The molecule has 1 aromatic heterocycles. The molecule has 2 aromatic carbocycles. The molecule has 5 nitrogen and oxygen atoms in total. The lowest BCUT2D eigenvalue weighted by Crippen LogP contribution is -2.26. The first-order valence-electron chi connectivity index (χ1n) is 7.90. The van der Waals surface area contributed by atoms with Crippen LogP contribution in [0.5, 0.6) is 0 Å². The van der Waals surface area contributed by atoms with Gasteiger partial charge in [0.2, 0.25) is 0 Å². The number of aryl methyl sites for hydroxylation is 2. The highest BCUT2D eigenvalue weighted by Crippen LogP contribution is 2.14. The first kappa shape index (κ1) is 15.9. The Labute approximate surface area is 141 Å². The van der Waals surface area contributed by atoms with Crippen LogP contribution in [0, 0.1) is 13.8 Å². The van der Waals surface area contributed by atoms with Crippen LogP contribution in [0.4, 0.5) is 0 Å². The number of carbonyl (C=O) groups is 1. The molecule has 5 heteroatoms. The number of nitrogens with zero attached hydrogens (tertiary/aromatic N) is 3. The SMILES string of the molecule is Cc1ccc(-n2cc(C(=O)N[C@@H](C)c3ccccc3)nn2)cc1C. The Morgan fingerprint density at radius 1 is 1.08 bits per heavy atom. The number of nitrogens with one attached hydrogen (secondary N) is 1. The summed E-state index contributed by atoms with van der Waals surface area (Å²) in [7, 11) is 0. The van der Waals surface area contributed by atoms with Crippen LogP contribution in [-0.2, 0) is 0 Å². The van der Waals surface area contributed by atoms with Crippen LogP contribution in [0.2, 0.25) is 0 Å². The molecular weight excluding hydrogens is 300 g/mol. The molecule has 0 unspecified atom stereocenters. The van der Waals surface area contributed by atoms with E-state index < -0.39 is 0 Å². The number of rotatable bonds is 4. The lowest BCUT2D eigenvalue weighted by Gasteiger charge is -2.12. The molecule has 3 rings (SSSR count). The van der Waals surface area contributed by atoms with E-state index in [1.807, 2.05) is 62.4 Å². The van der Waals surface area contributed by atoms with E-state index in [9.17, 15) is 4.79 Å². The van der Waals surface area contributed by atoms with Crippen molar-refractivity contribution in [3.05, 3.63) is 77.1 Å². The Morgan fingerprint density at radius 2 is 1.83 bits per heavy atom. The first-order valence-corrected chi connectivity index (χ1v) is 7.90. The lowest BCUT2D eigenvalue weighted by atomic mass is 10.1. The molecule has 0 aliphatic carbocycles. The maximum atomic E-state index is 12.4. The van der Waals surface area contributed by atoms with Crippen molar-refractivity contribution in [3.63, 3.8) is 0 Å². The van der Waals surface area contributed by atoms with Crippen molar-refractivity contribution in [2.24, 2.45) is 0 Å². The highest BCUT2D eigenvalue weighted by Gasteiger charge is 2.15. The van der Waals surface area contributed by atoms with E-state index >= 15 is 0 Å². The van der Waals surface area contributed by atoms with Gasteiger partial charge >= 0.3 is 0 Å². The number of carbonyl (C=O) groups excluding carboxylic acids is 1.